The van der Waals surface area contributed by atoms with Gasteiger partial charge >= 0.3 is 39.0 Å². The third-order valence-corrected chi connectivity index (χ3v) is 6.12. The van der Waals surface area contributed by atoms with Gasteiger partial charge < -0.3 is 4.74 Å². The van der Waals surface area contributed by atoms with E-state index in [1.165, 1.54) is 51.4 Å². The van der Waals surface area contributed by atoms with Gasteiger partial charge in [-0.15, -0.1) is 0 Å². The van der Waals surface area contributed by atoms with Gasteiger partial charge in [0, 0.05) is 18.6 Å². The predicted molar refractivity (Wildman–Crippen MR) is 124 cm³/mol. The molecule has 2 rings (SSSR count). The van der Waals surface area contributed by atoms with Gasteiger partial charge in [-0.25, -0.2) is 9.36 Å². The summed E-state index contributed by atoms with van der Waals surface area (Å²) in [5, 5.41) is 0. The maximum atomic E-state index is 12.6. The third-order valence-electron chi connectivity index (χ3n) is 6.12. The Morgan fingerprint density at radius 1 is 1.00 bits per heavy atom. The van der Waals surface area contributed by atoms with Crippen LogP contribution in [0.15, 0.2) is 24.5 Å². The van der Waals surface area contributed by atoms with Crippen molar-refractivity contribution < 1.29 is 39.3 Å². The quantitative estimate of drug-likeness (QED) is 0.101. The molecule has 1 heterocycles. The molecule has 0 unspecified atom stereocenters. The summed E-state index contributed by atoms with van der Waals surface area (Å²) in [4.78, 5) is 12.6. The Morgan fingerprint density at radius 3 is 2.06 bits per heavy atom. The molecular formula is C24H40F6NO2P. The Balaban J connectivity index is 0.000000718. The molecule has 1 aromatic heterocycles. The molecule has 34 heavy (non-hydrogen) atoms. The van der Waals surface area contributed by atoms with E-state index in [0.717, 1.165) is 13.0 Å². The topological polar surface area (TPSA) is 30.2 Å². The first-order valence-corrected chi connectivity index (χ1v) is 14.3. The van der Waals surface area contributed by atoms with Gasteiger partial charge in [-0.05, 0) is 37.0 Å². The van der Waals surface area contributed by atoms with Crippen LogP contribution >= 0.6 is 7.81 Å². The second-order valence-electron chi connectivity index (χ2n) is 9.82. The van der Waals surface area contributed by atoms with Gasteiger partial charge in [-0.1, -0.05) is 59.8 Å². The van der Waals surface area contributed by atoms with Crippen molar-refractivity contribution in [3.8, 4) is 0 Å². The summed E-state index contributed by atoms with van der Waals surface area (Å²) < 4.78 is 67.3. The van der Waals surface area contributed by atoms with E-state index in [9.17, 15) is 30.0 Å². The van der Waals surface area contributed by atoms with Crippen LogP contribution < -0.4 is 4.57 Å². The Bertz CT molecular complexity index is 742. The van der Waals surface area contributed by atoms with Crippen LogP contribution in [0.5, 0.6) is 0 Å². The zero-order valence-corrected chi connectivity index (χ0v) is 21.6. The standard InChI is InChI=1S/C24H40NO2.F6P/c1-5-6-7-8-9-10-15-25-16-13-21(14-17-25)24(26)27-23-18-20(4)11-12-22(23)19(2)3;1-7(2,3,4,5)6/h13-14,16-17,19-20,22-23H,5-12,15,18H2,1-4H3;/q+1;-1/t20-,22+,23-;/m1./s1. The number of halogens is 6. The van der Waals surface area contributed by atoms with E-state index in [4.69, 9.17) is 4.74 Å². The summed E-state index contributed by atoms with van der Waals surface area (Å²) in [5.41, 5.74) is 0.676. The van der Waals surface area contributed by atoms with Crippen LogP contribution in [0.3, 0.4) is 0 Å². The van der Waals surface area contributed by atoms with Crippen molar-refractivity contribution in [3.05, 3.63) is 30.1 Å². The van der Waals surface area contributed by atoms with Crippen LogP contribution in [-0.4, -0.2) is 12.1 Å². The molecule has 3 atom stereocenters. The summed E-state index contributed by atoms with van der Waals surface area (Å²) >= 11 is 0. The van der Waals surface area contributed by atoms with Crippen LogP contribution in [0, 0.1) is 17.8 Å². The molecule has 1 saturated carbocycles. The molecule has 3 nitrogen and oxygen atoms in total. The van der Waals surface area contributed by atoms with Crippen molar-refractivity contribution in [1.29, 1.82) is 0 Å². The third kappa shape index (κ3) is 15.5. The number of rotatable bonds is 10. The number of hydrogen-bond donors (Lipinski definition) is 0. The van der Waals surface area contributed by atoms with Gasteiger partial charge in [0.15, 0.2) is 12.4 Å². The van der Waals surface area contributed by atoms with E-state index in [1.807, 2.05) is 24.5 Å². The molecule has 0 bridgehead atoms. The van der Waals surface area contributed by atoms with E-state index >= 15 is 0 Å². The van der Waals surface area contributed by atoms with Gasteiger partial charge in [0.1, 0.15) is 12.6 Å². The average Bonchev–Trinajstić information content (AvgIpc) is 2.68. The number of pyridine rings is 1. The molecule has 0 amide bonds. The van der Waals surface area contributed by atoms with Crippen LogP contribution in [0.2, 0.25) is 0 Å². The number of unbranched alkanes of at least 4 members (excludes halogenated alkanes) is 5. The van der Waals surface area contributed by atoms with Gasteiger partial charge in [-0.2, -0.15) is 0 Å². The Kier molecular flexibility index (Phi) is 10.9. The Hall–Kier alpha value is -1.37. The van der Waals surface area contributed by atoms with Crippen LogP contribution in [0.25, 0.3) is 0 Å². The van der Waals surface area contributed by atoms with E-state index < -0.39 is 7.81 Å². The van der Waals surface area contributed by atoms with Crippen LogP contribution in [0.1, 0.15) is 95.8 Å². The zero-order chi connectivity index (χ0) is 26.1. The first-order chi connectivity index (χ1) is 15.5. The van der Waals surface area contributed by atoms with Crippen molar-refractivity contribution in [2.24, 2.45) is 17.8 Å². The molecule has 200 valence electrons. The summed E-state index contributed by atoms with van der Waals surface area (Å²) in [6.45, 7) is 10.0. The first-order valence-electron chi connectivity index (χ1n) is 12.2. The summed E-state index contributed by atoms with van der Waals surface area (Å²) in [6, 6.07) is 3.83. The van der Waals surface area contributed by atoms with Crippen molar-refractivity contribution >= 4 is 13.8 Å². The number of ether oxygens (including phenoxy) is 1. The fraction of sp³-hybridized carbons (Fsp3) is 0.750. The average molecular weight is 520 g/mol. The van der Waals surface area contributed by atoms with E-state index in [1.54, 1.807) is 0 Å². The normalized spacial score (nSPS) is 22.9. The van der Waals surface area contributed by atoms with Crippen molar-refractivity contribution in [3.63, 3.8) is 0 Å². The van der Waals surface area contributed by atoms with Gasteiger partial charge in [-0.3, -0.25) is 0 Å². The summed E-state index contributed by atoms with van der Waals surface area (Å²) in [6.07, 6.45) is 15.3. The molecule has 1 fully saturated rings. The van der Waals surface area contributed by atoms with Crippen molar-refractivity contribution in [2.75, 3.05) is 0 Å². The molecule has 0 aliphatic heterocycles. The van der Waals surface area contributed by atoms with Crippen molar-refractivity contribution in [2.45, 2.75) is 98.1 Å². The van der Waals surface area contributed by atoms with Crippen molar-refractivity contribution in [1.82, 2.24) is 0 Å². The monoisotopic (exact) mass is 519 g/mol. The molecular weight excluding hydrogens is 479 g/mol. The second kappa shape index (κ2) is 12.0. The second-order valence-corrected chi connectivity index (χ2v) is 11.7. The molecule has 0 N–H and O–H groups in total. The molecule has 1 aromatic rings. The van der Waals surface area contributed by atoms with E-state index in [0.29, 0.717) is 23.3 Å². The number of carbonyl (C=O) groups is 1. The fourth-order valence-corrected chi connectivity index (χ4v) is 4.27. The molecule has 0 spiro atoms. The molecule has 0 saturated heterocycles. The molecule has 0 aromatic carbocycles. The molecule has 1 aliphatic rings. The van der Waals surface area contributed by atoms with Gasteiger partial charge in [0.25, 0.3) is 0 Å². The molecule has 10 heteroatoms. The summed E-state index contributed by atoms with van der Waals surface area (Å²) in [7, 11) is -10.7. The molecule has 1 aliphatic carbocycles. The number of nitrogens with zero attached hydrogens (tertiary/aromatic N) is 1. The number of carbonyl (C=O) groups excluding carboxylic acids is 1. The van der Waals surface area contributed by atoms with E-state index in [-0.39, 0.29) is 12.1 Å². The van der Waals surface area contributed by atoms with Crippen LogP contribution in [-0.2, 0) is 11.3 Å². The Morgan fingerprint density at radius 2 is 1.53 bits per heavy atom. The fourth-order valence-electron chi connectivity index (χ4n) is 4.27. The summed E-state index contributed by atoms with van der Waals surface area (Å²) in [5.74, 6) is 1.54. The number of esters is 1. The predicted octanol–water partition coefficient (Wildman–Crippen LogP) is 9.33. The SMILES string of the molecule is CCCCCCCC[n+]1ccc(C(=O)O[C@@H]2C[C@H](C)CC[C@H]2C(C)C)cc1.F[P-](F)(F)(F)(F)F. The van der Waals surface area contributed by atoms with Crippen LogP contribution in [0.4, 0.5) is 25.2 Å². The van der Waals surface area contributed by atoms with Gasteiger partial charge in [0.2, 0.25) is 0 Å². The van der Waals surface area contributed by atoms with Gasteiger partial charge in [0.05, 0.1) is 5.56 Å². The first kappa shape index (κ1) is 30.7. The van der Waals surface area contributed by atoms with E-state index in [2.05, 4.69) is 32.3 Å². The minimum atomic E-state index is -10.7. The molecule has 0 radical (unpaired) electrons. The Labute approximate surface area is 199 Å². The number of aromatic nitrogens is 1. The number of hydrogen-bond acceptors (Lipinski definition) is 2. The zero-order valence-electron chi connectivity index (χ0n) is 20.7. The number of aryl methyl sites for hydroxylation is 1. The maximum absolute atomic E-state index is 12.6. The minimum absolute atomic E-state index is 0.0664.